The largest absolute Gasteiger partial charge is 0.337 e. The van der Waals surface area contributed by atoms with Gasteiger partial charge in [-0.15, -0.1) is 0 Å². The first kappa shape index (κ1) is 7.80. The molecule has 0 saturated carbocycles. The van der Waals surface area contributed by atoms with E-state index in [9.17, 15) is 0 Å². The van der Waals surface area contributed by atoms with E-state index in [4.69, 9.17) is 0 Å². The van der Waals surface area contributed by atoms with Crippen molar-refractivity contribution in [3.63, 3.8) is 0 Å². The molecule has 1 aliphatic heterocycles. The summed E-state index contributed by atoms with van der Waals surface area (Å²) in [5.41, 5.74) is 1.35. The summed E-state index contributed by atoms with van der Waals surface area (Å²) in [6, 6.07) is 0. The van der Waals surface area contributed by atoms with Gasteiger partial charge in [-0.3, -0.25) is 0 Å². The molecule has 1 aromatic heterocycles. The zero-order valence-corrected chi connectivity index (χ0v) is 7.62. The molecule has 1 aliphatic rings. The van der Waals surface area contributed by atoms with Crippen LogP contribution < -0.4 is 5.32 Å². The Morgan fingerprint density at radius 2 is 2.42 bits per heavy atom. The number of aryl methyl sites for hydroxylation is 1. The molecule has 66 valence electrons. The predicted octanol–water partition coefficient (Wildman–Crippen LogP) is 0.743. The predicted molar refractivity (Wildman–Crippen MR) is 48.0 cm³/mol. The lowest BCUT2D eigenvalue weighted by Crippen LogP contribution is -2.11. The van der Waals surface area contributed by atoms with Crippen LogP contribution in [0.3, 0.4) is 0 Å². The van der Waals surface area contributed by atoms with E-state index in [-0.39, 0.29) is 0 Å². The quantitative estimate of drug-likeness (QED) is 0.665. The van der Waals surface area contributed by atoms with Gasteiger partial charge >= 0.3 is 0 Å². The lowest BCUT2D eigenvalue weighted by molar-refractivity contribution is 0.544. The van der Waals surface area contributed by atoms with E-state index in [1.807, 2.05) is 12.5 Å². The van der Waals surface area contributed by atoms with Crippen LogP contribution in [0.1, 0.15) is 18.5 Å². The van der Waals surface area contributed by atoms with Gasteiger partial charge in [0.2, 0.25) is 0 Å². The minimum Gasteiger partial charge on any atom is -0.337 e. The molecule has 1 saturated heterocycles. The fraction of sp³-hybridized carbons (Fsp3) is 0.667. The van der Waals surface area contributed by atoms with Crippen LogP contribution in [0.5, 0.6) is 0 Å². The second-order valence-electron chi connectivity index (χ2n) is 3.67. The summed E-state index contributed by atoms with van der Waals surface area (Å²) >= 11 is 0. The second-order valence-corrected chi connectivity index (χ2v) is 3.67. The topological polar surface area (TPSA) is 29.9 Å². The van der Waals surface area contributed by atoms with Crippen LogP contribution in [0.4, 0.5) is 0 Å². The van der Waals surface area contributed by atoms with Gasteiger partial charge in [0.1, 0.15) is 0 Å². The highest BCUT2D eigenvalue weighted by Gasteiger charge is 2.26. The van der Waals surface area contributed by atoms with Crippen molar-refractivity contribution < 1.29 is 0 Å². The average Bonchev–Trinajstić information content (AvgIpc) is 2.59. The van der Waals surface area contributed by atoms with E-state index in [1.54, 1.807) is 0 Å². The zero-order valence-electron chi connectivity index (χ0n) is 7.62. The summed E-state index contributed by atoms with van der Waals surface area (Å²) in [7, 11) is 2.06. The number of imidazole rings is 1. The Balaban J connectivity index is 2.24. The number of hydrogen-bond donors (Lipinski definition) is 1. The Morgan fingerprint density at radius 3 is 2.92 bits per heavy atom. The highest BCUT2D eigenvalue weighted by molar-refractivity contribution is 5.10. The molecule has 1 N–H and O–H groups in total. The van der Waals surface area contributed by atoms with Crippen LogP contribution in [-0.2, 0) is 7.05 Å². The van der Waals surface area contributed by atoms with Crippen LogP contribution in [0.15, 0.2) is 12.5 Å². The van der Waals surface area contributed by atoms with Crippen molar-refractivity contribution >= 4 is 0 Å². The smallest absolute Gasteiger partial charge is 0.0945 e. The SMILES string of the molecule is CC1CNCC1c1cncn1C. The molecule has 0 amide bonds. The van der Waals surface area contributed by atoms with Gasteiger partial charge in [-0.2, -0.15) is 0 Å². The Bertz CT molecular complexity index is 266. The summed E-state index contributed by atoms with van der Waals surface area (Å²) in [4.78, 5) is 4.14. The molecule has 0 aromatic carbocycles. The van der Waals surface area contributed by atoms with Gasteiger partial charge < -0.3 is 9.88 Å². The van der Waals surface area contributed by atoms with Crippen molar-refractivity contribution in [2.75, 3.05) is 13.1 Å². The molecular formula is C9H15N3. The number of nitrogens with zero attached hydrogens (tertiary/aromatic N) is 2. The Labute approximate surface area is 72.8 Å². The normalized spacial score (nSPS) is 29.5. The zero-order chi connectivity index (χ0) is 8.55. The van der Waals surface area contributed by atoms with Crippen molar-refractivity contribution in [2.45, 2.75) is 12.8 Å². The van der Waals surface area contributed by atoms with Crippen molar-refractivity contribution in [1.29, 1.82) is 0 Å². The highest BCUT2D eigenvalue weighted by atomic mass is 15.0. The van der Waals surface area contributed by atoms with Gasteiger partial charge in [0, 0.05) is 31.4 Å². The van der Waals surface area contributed by atoms with Gasteiger partial charge in [-0.1, -0.05) is 6.92 Å². The van der Waals surface area contributed by atoms with Gasteiger partial charge in [-0.05, 0) is 12.5 Å². The fourth-order valence-electron chi connectivity index (χ4n) is 1.93. The number of rotatable bonds is 1. The number of nitrogens with one attached hydrogen (secondary N) is 1. The first-order chi connectivity index (χ1) is 5.79. The third kappa shape index (κ3) is 1.14. The molecule has 12 heavy (non-hydrogen) atoms. The molecular weight excluding hydrogens is 150 g/mol. The molecule has 3 heteroatoms. The summed E-state index contributed by atoms with van der Waals surface area (Å²) < 4.78 is 2.12. The minimum absolute atomic E-state index is 0.650. The standard InChI is InChI=1S/C9H15N3/c1-7-3-10-4-8(7)9-5-11-6-12(9)2/h5-8,10H,3-4H2,1-2H3. The monoisotopic (exact) mass is 165 g/mol. The molecule has 2 heterocycles. The summed E-state index contributed by atoms with van der Waals surface area (Å²) in [6.45, 7) is 4.52. The molecule has 0 aliphatic carbocycles. The molecule has 1 aromatic rings. The third-order valence-corrected chi connectivity index (χ3v) is 2.75. The van der Waals surface area contributed by atoms with E-state index in [1.165, 1.54) is 5.69 Å². The molecule has 2 atom stereocenters. The maximum absolute atomic E-state index is 4.14. The molecule has 0 radical (unpaired) electrons. The van der Waals surface area contributed by atoms with E-state index in [2.05, 4.69) is 28.8 Å². The highest BCUT2D eigenvalue weighted by Crippen LogP contribution is 2.26. The summed E-state index contributed by atoms with van der Waals surface area (Å²) in [5, 5.41) is 3.40. The Hall–Kier alpha value is -0.830. The molecule has 2 rings (SSSR count). The third-order valence-electron chi connectivity index (χ3n) is 2.75. The number of aromatic nitrogens is 2. The van der Waals surface area contributed by atoms with Crippen LogP contribution in [0, 0.1) is 5.92 Å². The van der Waals surface area contributed by atoms with Gasteiger partial charge in [-0.25, -0.2) is 4.98 Å². The maximum Gasteiger partial charge on any atom is 0.0945 e. The molecule has 2 unspecified atom stereocenters. The Kier molecular flexibility index (Phi) is 1.89. The van der Waals surface area contributed by atoms with Gasteiger partial charge in [0.05, 0.1) is 6.33 Å². The lowest BCUT2D eigenvalue weighted by Gasteiger charge is -2.13. The second kappa shape index (κ2) is 2.90. The van der Waals surface area contributed by atoms with E-state index < -0.39 is 0 Å². The molecule has 0 spiro atoms. The molecule has 1 fully saturated rings. The van der Waals surface area contributed by atoms with Crippen molar-refractivity contribution in [2.24, 2.45) is 13.0 Å². The van der Waals surface area contributed by atoms with Crippen LogP contribution in [-0.4, -0.2) is 22.6 Å². The van der Waals surface area contributed by atoms with E-state index in [0.717, 1.165) is 19.0 Å². The van der Waals surface area contributed by atoms with Crippen LogP contribution in [0.2, 0.25) is 0 Å². The summed E-state index contributed by atoms with van der Waals surface area (Å²) in [5.74, 6) is 1.39. The van der Waals surface area contributed by atoms with E-state index in [0.29, 0.717) is 5.92 Å². The Morgan fingerprint density at radius 1 is 1.58 bits per heavy atom. The van der Waals surface area contributed by atoms with E-state index >= 15 is 0 Å². The first-order valence-electron chi connectivity index (χ1n) is 4.46. The van der Waals surface area contributed by atoms with Gasteiger partial charge in [0.25, 0.3) is 0 Å². The fourth-order valence-corrected chi connectivity index (χ4v) is 1.93. The molecule has 3 nitrogen and oxygen atoms in total. The summed E-state index contributed by atoms with van der Waals surface area (Å²) in [6.07, 6.45) is 3.86. The maximum atomic E-state index is 4.14. The lowest BCUT2D eigenvalue weighted by atomic mass is 9.95. The average molecular weight is 165 g/mol. The first-order valence-corrected chi connectivity index (χ1v) is 4.46. The van der Waals surface area contributed by atoms with Crippen molar-refractivity contribution in [3.05, 3.63) is 18.2 Å². The molecule has 0 bridgehead atoms. The van der Waals surface area contributed by atoms with Crippen molar-refractivity contribution in [1.82, 2.24) is 14.9 Å². The van der Waals surface area contributed by atoms with Crippen molar-refractivity contribution in [3.8, 4) is 0 Å². The minimum atomic E-state index is 0.650. The van der Waals surface area contributed by atoms with Gasteiger partial charge in [0.15, 0.2) is 0 Å². The van der Waals surface area contributed by atoms with Crippen LogP contribution >= 0.6 is 0 Å². The van der Waals surface area contributed by atoms with Crippen LogP contribution in [0.25, 0.3) is 0 Å². The number of hydrogen-bond acceptors (Lipinski definition) is 2.